The molecular formula is C9H12INO. The summed E-state index contributed by atoms with van der Waals surface area (Å²) in [6.45, 7) is 3.60. The van der Waals surface area contributed by atoms with E-state index in [2.05, 4.69) is 34.5 Å². The molecule has 2 nitrogen and oxygen atoms in total. The second-order valence-corrected chi connectivity index (χ2v) is 4.78. The van der Waals surface area contributed by atoms with Crippen molar-refractivity contribution in [3.05, 3.63) is 30.1 Å². The molecule has 0 radical (unpaired) electrons. The molecule has 1 unspecified atom stereocenters. The molecule has 0 fully saturated rings. The fraction of sp³-hybridized carbons (Fsp3) is 0.444. The van der Waals surface area contributed by atoms with E-state index < -0.39 is 0 Å². The highest BCUT2D eigenvalue weighted by Gasteiger charge is 1.95. The van der Waals surface area contributed by atoms with E-state index in [1.54, 1.807) is 6.20 Å². The summed E-state index contributed by atoms with van der Waals surface area (Å²) in [6.07, 6.45) is 3.60. The highest BCUT2D eigenvalue weighted by Crippen LogP contribution is 2.02. The van der Waals surface area contributed by atoms with Crippen LogP contribution in [0.5, 0.6) is 0 Å². The lowest BCUT2D eigenvalue weighted by Gasteiger charge is -2.04. The summed E-state index contributed by atoms with van der Waals surface area (Å²) >= 11 is 2.34. The molecule has 0 aliphatic heterocycles. The second-order valence-electron chi connectivity index (χ2n) is 2.66. The highest BCUT2D eigenvalue weighted by atomic mass is 127. The van der Waals surface area contributed by atoms with Crippen LogP contribution in [0.4, 0.5) is 0 Å². The largest absolute Gasteiger partial charge is 0.376 e. The number of ether oxygens (including phenoxy) is 1. The molecule has 0 aliphatic rings. The molecule has 0 spiro atoms. The predicted octanol–water partition coefficient (Wildman–Crippen LogP) is 2.42. The van der Waals surface area contributed by atoms with Crippen molar-refractivity contribution < 1.29 is 4.74 Å². The maximum absolute atomic E-state index is 5.43. The van der Waals surface area contributed by atoms with Crippen molar-refractivity contribution in [3.8, 4) is 0 Å². The monoisotopic (exact) mass is 277 g/mol. The topological polar surface area (TPSA) is 22.1 Å². The van der Waals surface area contributed by atoms with Crippen LogP contribution in [0.15, 0.2) is 24.5 Å². The Balaban J connectivity index is 2.25. The first-order valence-electron chi connectivity index (χ1n) is 3.90. The molecule has 3 heteroatoms. The van der Waals surface area contributed by atoms with E-state index in [4.69, 9.17) is 4.74 Å². The summed E-state index contributed by atoms with van der Waals surface area (Å²) in [5, 5.41) is 0. The third-order valence-electron chi connectivity index (χ3n) is 1.34. The average molecular weight is 277 g/mol. The second kappa shape index (κ2) is 5.48. The number of pyridine rings is 1. The van der Waals surface area contributed by atoms with E-state index in [1.165, 1.54) is 0 Å². The van der Waals surface area contributed by atoms with Crippen LogP contribution in [0.2, 0.25) is 0 Å². The summed E-state index contributed by atoms with van der Waals surface area (Å²) in [6, 6.07) is 3.94. The van der Waals surface area contributed by atoms with Gasteiger partial charge in [-0.15, -0.1) is 0 Å². The number of hydrogen-bond donors (Lipinski definition) is 0. The van der Waals surface area contributed by atoms with Gasteiger partial charge in [-0.2, -0.15) is 0 Å². The van der Waals surface area contributed by atoms with E-state index in [9.17, 15) is 0 Å². The molecular weight excluding hydrogens is 265 g/mol. The molecule has 1 atom stereocenters. The minimum Gasteiger partial charge on any atom is -0.376 e. The summed E-state index contributed by atoms with van der Waals surface area (Å²) in [5.41, 5.74) is 1.13. The Kier molecular flexibility index (Phi) is 4.53. The molecule has 1 heterocycles. The third kappa shape index (κ3) is 4.01. The third-order valence-corrected chi connectivity index (χ3v) is 1.70. The van der Waals surface area contributed by atoms with Crippen LogP contribution in [0, 0.1) is 0 Å². The molecule has 0 aromatic carbocycles. The Hall–Kier alpha value is -0.160. The molecule has 0 N–H and O–H groups in total. The predicted molar refractivity (Wildman–Crippen MR) is 57.4 cm³/mol. The number of rotatable bonds is 4. The Labute approximate surface area is 86.5 Å². The van der Waals surface area contributed by atoms with E-state index in [-0.39, 0.29) is 0 Å². The molecule has 1 aromatic heterocycles. The van der Waals surface area contributed by atoms with Crippen molar-refractivity contribution in [1.82, 2.24) is 4.98 Å². The smallest absolute Gasteiger partial charge is 0.0732 e. The lowest BCUT2D eigenvalue weighted by Crippen LogP contribution is -2.03. The van der Waals surface area contributed by atoms with Gasteiger partial charge in [0.1, 0.15) is 0 Å². The van der Waals surface area contributed by atoms with Gasteiger partial charge in [-0.3, -0.25) is 4.98 Å². The number of aromatic nitrogens is 1. The zero-order chi connectivity index (χ0) is 8.81. The normalized spacial score (nSPS) is 12.8. The highest BCUT2D eigenvalue weighted by molar-refractivity contribution is 14.1. The molecule has 12 heavy (non-hydrogen) atoms. The van der Waals surface area contributed by atoms with E-state index in [0.29, 0.717) is 10.5 Å². The van der Waals surface area contributed by atoms with Crippen LogP contribution in [0.1, 0.15) is 12.5 Å². The maximum Gasteiger partial charge on any atom is 0.0732 e. The molecule has 0 amide bonds. The summed E-state index contributed by atoms with van der Waals surface area (Å²) < 4.78 is 6.00. The van der Waals surface area contributed by atoms with Gasteiger partial charge in [0, 0.05) is 16.3 Å². The van der Waals surface area contributed by atoms with Crippen LogP contribution in [-0.2, 0) is 11.3 Å². The number of alkyl halides is 1. The number of halogens is 1. The van der Waals surface area contributed by atoms with Crippen molar-refractivity contribution in [2.75, 3.05) is 6.61 Å². The van der Waals surface area contributed by atoms with Gasteiger partial charge in [0.15, 0.2) is 0 Å². The SMILES string of the molecule is CC(I)COCc1cccnc1. The van der Waals surface area contributed by atoms with Crippen LogP contribution < -0.4 is 0 Å². The van der Waals surface area contributed by atoms with Crippen molar-refractivity contribution in [2.24, 2.45) is 0 Å². The van der Waals surface area contributed by atoms with Crippen molar-refractivity contribution in [1.29, 1.82) is 0 Å². The quantitative estimate of drug-likeness (QED) is 0.623. The van der Waals surface area contributed by atoms with Gasteiger partial charge in [-0.25, -0.2) is 0 Å². The Morgan fingerprint density at radius 3 is 3.08 bits per heavy atom. The van der Waals surface area contributed by atoms with Gasteiger partial charge in [-0.05, 0) is 11.6 Å². The van der Waals surface area contributed by atoms with Crippen LogP contribution in [0.25, 0.3) is 0 Å². The molecule has 0 aliphatic carbocycles. The fourth-order valence-electron chi connectivity index (χ4n) is 0.823. The summed E-state index contributed by atoms with van der Waals surface area (Å²) in [4.78, 5) is 4.00. The van der Waals surface area contributed by atoms with E-state index in [1.807, 2.05) is 18.3 Å². The van der Waals surface area contributed by atoms with Crippen LogP contribution in [-0.4, -0.2) is 15.5 Å². The molecule has 1 aromatic rings. The average Bonchev–Trinajstić information content (AvgIpc) is 2.05. The maximum atomic E-state index is 5.43. The van der Waals surface area contributed by atoms with Crippen LogP contribution in [0.3, 0.4) is 0 Å². The van der Waals surface area contributed by atoms with Crippen molar-refractivity contribution in [3.63, 3.8) is 0 Å². The first-order valence-corrected chi connectivity index (χ1v) is 5.14. The van der Waals surface area contributed by atoms with Gasteiger partial charge in [0.25, 0.3) is 0 Å². The van der Waals surface area contributed by atoms with Crippen molar-refractivity contribution >= 4 is 22.6 Å². The van der Waals surface area contributed by atoms with Gasteiger partial charge in [0.05, 0.1) is 13.2 Å². The molecule has 66 valence electrons. The lowest BCUT2D eigenvalue weighted by molar-refractivity contribution is 0.126. The number of hydrogen-bond acceptors (Lipinski definition) is 2. The van der Waals surface area contributed by atoms with Gasteiger partial charge in [0.2, 0.25) is 0 Å². The first kappa shape index (κ1) is 9.92. The minimum atomic E-state index is 0.569. The van der Waals surface area contributed by atoms with Gasteiger partial charge >= 0.3 is 0 Å². The van der Waals surface area contributed by atoms with Gasteiger partial charge in [-0.1, -0.05) is 35.6 Å². The fourth-order valence-corrected chi connectivity index (χ4v) is 1.08. The van der Waals surface area contributed by atoms with E-state index in [0.717, 1.165) is 12.2 Å². The first-order chi connectivity index (χ1) is 5.79. The number of nitrogens with zero attached hydrogens (tertiary/aromatic N) is 1. The zero-order valence-corrected chi connectivity index (χ0v) is 9.19. The van der Waals surface area contributed by atoms with Crippen molar-refractivity contribution in [2.45, 2.75) is 17.5 Å². The van der Waals surface area contributed by atoms with E-state index >= 15 is 0 Å². The summed E-state index contributed by atoms with van der Waals surface area (Å²) in [7, 11) is 0. The zero-order valence-electron chi connectivity index (χ0n) is 7.03. The minimum absolute atomic E-state index is 0.569. The summed E-state index contributed by atoms with van der Waals surface area (Å²) in [5.74, 6) is 0. The molecule has 0 bridgehead atoms. The van der Waals surface area contributed by atoms with Crippen LogP contribution >= 0.6 is 22.6 Å². The Morgan fingerprint density at radius 2 is 2.50 bits per heavy atom. The molecule has 1 rings (SSSR count). The van der Waals surface area contributed by atoms with Gasteiger partial charge < -0.3 is 4.74 Å². The molecule has 0 saturated heterocycles. The lowest BCUT2D eigenvalue weighted by atomic mass is 10.3. The standard InChI is InChI=1S/C9H12INO/c1-8(10)6-12-7-9-3-2-4-11-5-9/h2-5,8H,6-7H2,1H3. The molecule has 0 saturated carbocycles. The Bertz CT molecular complexity index is 213. The Morgan fingerprint density at radius 1 is 1.67 bits per heavy atom.